The standard InChI is InChI=1S/C60H37N3O/c1-2-16-38(17-3-1)61-52-26-11-9-23-47(52)51-37-40(33-35-54(51)61)63-53-27-12-8-22-46(53)48-25-14-29-56(60(48)63)62(55-28-15-31-58-59(55)49-24-10-13-30-57(49)64-58)39-32-34-45-43-20-5-4-18-41(43)42-19-6-7-21-44(42)50(45)36-39/h1-37H. The fourth-order valence-electron chi connectivity index (χ4n) is 10.8. The van der Waals surface area contributed by atoms with E-state index in [1.165, 1.54) is 64.9 Å². The SMILES string of the molecule is c1ccc(-n2c3ccccc3c3cc(-n4c5ccccc5c5cccc(N(c6ccc7c8ccccc8c8ccccc8c7c6)c6cccc7oc8ccccc8c67)c54)ccc32)cc1. The molecule has 0 unspecified atom stereocenters. The normalized spacial score (nSPS) is 12.1. The Morgan fingerprint density at radius 1 is 0.297 bits per heavy atom. The van der Waals surface area contributed by atoms with Crippen LogP contribution in [0.5, 0.6) is 0 Å². The minimum atomic E-state index is 0.855. The van der Waals surface area contributed by atoms with Gasteiger partial charge in [0, 0.05) is 44.0 Å². The third-order valence-corrected chi connectivity index (χ3v) is 13.5. The van der Waals surface area contributed by atoms with E-state index in [9.17, 15) is 0 Å². The number of hydrogen-bond donors (Lipinski definition) is 0. The van der Waals surface area contributed by atoms with E-state index in [4.69, 9.17) is 4.42 Å². The monoisotopic (exact) mass is 815 g/mol. The van der Waals surface area contributed by atoms with E-state index in [0.717, 1.165) is 61.4 Å². The summed E-state index contributed by atoms with van der Waals surface area (Å²) in [4.78, 5) is 2.48. The summed E-state index contributed by atoms with van der Waals surface area (Å²) in [5.41, 5.74) is 11.8. The predicted molar refractivity (Wildman–Crippen MR) is 270 cm³/mol. The molecule has 0 atom stereocenters. The summed E-state index contributed by atoms with van der Waals surface area (Å²) in [5.74, 6) is 0. The molecule has 298 valence electrons. The van der Waals surface area contributed by atoms with Crippen LogP contribution in [0.1, 0.15) is 0 Å². The van der Waals surface area contributed by atoms with E-state index in [1.54, 1.807) is 0 Å². The molecule has 3 heterocycles. The van der Waals surface area contributed by atoms with Crippen molar-refractivity contribution in [3.05, 3.63) is 224 Å². The molecular weight excluding hydrogens is 779 g/mol. The van der Waals surface area contributed by atoms with Crippen molar-refractivity contribution in [1.29, 1.82) is 0 Å². The van der Waals surface area contributed by atoms with Crippen LogP contribution in [-0.4, -0.2) is 9.13 Å². The molecule has 0 fully saturated rings. The third-order valence-electron chi connectivity index (χ3n) is 13.5. The van der Waals surface area contributed by atoms with Gasteiger partial charge in [-0.05, 0) is 111 Å². The van der Waals surface area contributed by atoms with Gasteiger partial charge in [-0.3, -0.25) is 0 Å². The Kier molecular flexibility index (Phi) is 7.36. The molecule has 0 amide bonds. The first kappa shape index (κ1) is 35.0. The predicted octanol–water partition coefficient (Wildman–Crippen LogP) is 16.7. The van der Waals surface area contributed by atoms with Crippen molar-refractivity contribution >= 4 is 115 Å². The number of benzene rings is 11. The van der Waals surface area contributed by atoms with Crippen LogP contribution in [0.2, 0.25) is 0 Å². The summed E-state index contributed by atoms with van der Waals surface area (Å²) in [6, 6.07) is 81.6. The molecule has 0 aliphatic heterocycles. The first-order valence-electron chi connectivity index (χ1n) is 21.9. The highest BCUT2D eigenvalue weighted by Gasteiger charge is 2.25. The average Bonchev–Trinajstić information content (AvgIpc) is 4.03. The number of para-hydroxylation sites is 5. The lowest BCUT2D eigenvalue weighted by Gasteiger charge is -2.28. The fourth-order valence-corrected chi connectivity index (χ4v) is 10.8. The molecule has 0 saturated heterocycles. The Bertz CT molecular complexity index is 4170. The van der Waals surface area contributed by atoms with Crippen LogP contribution in [-0.2, 0) is 0 Å². The van der Waals surface area contributed by atoms with Crippen LogP contribution in [0.4, 0.5) is 17.1 Å². The topological polar surface area (TPSA) is 26.2 Å². The van der Waals surface area contributed by atoms with Gasteiger partial charge in [-0.25, -0.2) is 0 Å². The van der Waals surface area contributed by atoms with Crippen molar-refractivity contribution in [2.75, 3.05) is 4.90 Å². The van der Waals surface area contributed by atoms with Crippen molar-refractivity contribution < 1.29 is 4.42 Å². The summed E-state index contributed by atoms with van der Waals surface area (Å²) in [5, 5.41) is 14.4. The molecule has 14 rings (SSSR count). The number of hydrogen-bond acceptors (Lipinski definition) is 2. The van der Waals surface area contributed by atoms with Crippen molar-refractivity contribution in [2.45, 2.75) is 0 Å². The Balaban J connectivity index is 1.10. The summed E-state index contributed by atoms with van der Waals surface area (Å²) in [7, 11) is 0. The molecule has 0 bridgehead atoms. The Hall–Kier alpha value is -8.60. The van der Waals surface area contributed by atoms with Gasteiger partial charge in [0.25, 0.3) is 0 Å². The highest BCUT2D eigenvalue weighted by molar-refractivity contribution is 6.26. The van der Waals surface area contributed by atoms with Crippen LogP contribution in [0.25, 0.3) is 109 Å². The van der Waals surface area contributed by atoms with Gasteiger partial charge < -0.3 is 18.5 Å². The maximum Gasteiger partial charge on any atom is 0.137 e. The molecule has 3 aromatic heterocycles. The van der Waals surface area contributed by atoms with Crippen LogP contribution in [0, 0.1) is 0 Å². The van der Waals surface area contributed by atoms with Gasteiger partial charge >= 0.3 is 0 Å². The molecule has 0 saturated carbocycles. The Morgan fingerprint density at radius 3 is 1.58 bits per heavy atom. The summed E-state index contributed by atoms with van der Waals surface area (Å²) in [6.45, 7) is 0. The van der Waals surface area contributed by atoms with Crippen molar-refractivity contribution in [2.24, 2.45) is 0 Å². The zero-order valence-corrected chi connectivity index (χ0v) is 34.6. The molecule has 0 N–H and O–H groups in total. The third kappa shape index (κ3) is 4.93. The lowest BCUT2D eigenvalue weighted by atomic mass is 9.94. The second-order valence-electron chi connectivity index (χ2n) is 16.8. The number of aromatic nitrogens is 2. The Labute approximate surface area is 367 Å². The van der Waals surface area contributed by atoms with Crippen molar-refractivity contribution in [1.82, 2.24) is 9.13 Å². The van der Waals surface area contributed by atoms with Crippen LogP contribution in [0.15, 0.2) is 229 Å². The lowest BCUT2D eigenvalue weighted by Crippen LogP contribution is -2.12. The van der Waals surface area contributed by atoms with E-state index < -0.39 is 0 Å². The molecule has 11 aromatic carbocycles. The fraction of sp³-hybridized carbons (Fsp3) is 0. The van der Waals surface area contributed by atoms with E-state index in [1.807, 2.05) is 6.07 Å². The summed E-state index contributed by atoms with van der Waals surface area (Å²) in [6.07, 6.45) is 0. The minimum Gasteiger partial charge on any atom is -0.456 e. The first-order chi connectivity index (χ1) is 31.8. The van der Waals surface area contributed by atoms with Gasteiger partial charge in [0.05, 0.1) is 38.8 Å². The van der Waals surface area contributed by atoms with Gasteiger partial charge in [-0.1, -0.05) is 146 Å². The van der Waals surface area contributed by atoms with Gasteiger partial charge in [-0.15, -0.1) is 0 Å². The number of anilines is 3. The van der Waals surface area contributed by atoms with E-state index >= 15 is 0 Å². The lowest BCUT2D eigenvalue weighted by molar-refractivity contribution is 0.669. The summed E-state index contributed by atoms with van der Waals surface area (Å²) < 4.78 is 11.5. The first-order valence-corrected chi connectivity index (χ1v) is 21.9. The number of nitrogens with zero attached hydrogens (tertiary/aromatic N) is 3. The van der Waals surface area contributed by atoms with Gasteiger partial charge in [0.2, 0.25) is 0 Å². The van der Waals surface area contributed by atoms with Crippen molar-refractivity contribution in [3.8, 4) is 11.4 Å². The minimum absolute atomic E-state index is 0.855. The molecule has 0 aliphatic carbocycles. The molecule has 14 aromatic rings. The molecular formula is C60H37N3O. The van der Waals surface area contributed by atoms with Gasteiger partial charge in [0.1, 0.15) is 11.2 Å². The van der Waals surface area contributed by atoms with E-state index in [0.29, 0.717) is 0 Å². The van der Waals surface area contributed by atoms with Gasteiger partial charge in [-0.2, -0.15) is 0 Å². The van der Waals surface area contributed by atoms with Crippen molar-refractivity contribution in [3.63, 3.8) is 0 Å². The second kappa shape index (κ2) is 13.4. The maximum atomic E-state index is 6.60. The van der Waals surface area contributed by atoms with E-state index in [2.05, 4.69) is 232 Å². The average molecular weight is 816 g/mol. The van der Waals surface area contributed by atoms with Crippen LogP contribution < -0.4 is 4.90 Å². The van der Waals surface area contributed by atoms with Crippen LogP contribution in [0.3, 0.4) is 0 Å². The molecule has 0 radical (unpaired) electrons. The quantitative estimate of drug-likeness (QED) is 0.162. The zero-order valence-electron chi connectivity index (χ0n) is 34.6. The number of fused-ring (bicyclic) bond motifs is 15. The Morgan fingerprint density at radius 2 is 0.828 bits per heavy atom. The smallest absolute Gasteiger partial charge is 0.137 e. The molecule has 0 spiro atoms. The molecule has 0 aliphatic rings. The molecule has 4 heteroatoms. The highest BCUT2D eigenvalue weighted by atomic mass is 16.3. The maximum absolute atomic E-state index is 6.60. The largest absolute Gasteiger partial charge is 0.456 e. The number of rotatable bonds is 5. The van der Waals surface area contributed by atoms with E-state index in [-0.39, 0.29) is 0 Å². The molecule has 64 heavy (non-hydrogen) atoms. The summed E-state index contributed by atoms with van der Waals surface area (Å²) >= 11 is 0. The highest BCUT2D eigenvalue weighted by Crippen LogP contribution is 2.49. The van der Waals surface area contributed by atoms with Gasteiger partial charge in [0.15, 0.2) is 0 Å². The second-order valence-corrected chi connectivity index (χ2v) is 16.8. The van der Waals surface area contributed by atoms with Crippen LogP contribution >= 0.6 is 0 Å². The number of furan rings is 1. The molecule has 4 nitrogen and oxygen atoms in total. The zero-order chi connectivity index (χ0) is 41.9.